The number of hydrogen-bond donors (Lipinski definition) is 1. The van der Waals surface area contributed by atoms with E-state index in [-0.39, 0.29) is 0 Å². The van der Waals surface area contributed by atoms with Crippen molar-refractivity contribution in [1.82, 2.24) is 4.98 Å². The lowest BCUT2D eigenvalue weighted by molar-refractivity contribution is 0.669. The predicted octanol–water partition coefficient (Wildman–Crippen LogP) is 2.54. The van der Waals surface area contributed by atoms with Crippen LogP contribution in [-0.4, -0.2) is 18.1 Å². The highest BCUT2D eigenvalue weighted by molar-refractivity contribution is 5.71. The maximum atomic E-state index is 8.99. The first-order valence-corrected chi connectivity index (χ1v) is 6.76. The Bertz CT molecular complexity index is 660. The van der Waals surface area contributed by atoms with Gasteiger partial charge in [-0.2, -0.15) is 5.26 Å². The van der Waals surface area contributed by atoms with E-state index >= 15 is 0 Å². The Labute approximate surface area is 118 Å². The fraction of sp³-hybridized carbons (Fsp3) is 0.250. The average Bonchev–Trinajstić information content (AvgIpc) is 2.87. The van der Waals surface area contributed by atoms with Gasteiger partial charge >= 0.3 is 0 Å². The number of anilines is 2. The van der Waals surface area contributed by atoms with E-state index in [0.29, 0.717) is 18.2 Å². The molecule has 2 N–H and O–H groups in total. The molecule has 100 valence electrons. The van der Waals surface area contributed by atoms with Gasteiger partial charge in [-0.25, -0.2) is 4.98 Å². The molecule has 0 radical (unpaired) electrons. The van der Waals surface area contributed by atoms with Crippen LogP contribution in [0, 0.1) is 11.3 Å². The van der Waals surface area contributed by atoms with E-state index in [2.05, 4.69) is 34.2 Å². The molecule has 0 aliphatic carbocycles. The summed E-state index contributed by atoms with van der Waals surface area (Å²) in [6, 6.07) is 14.3. The first-order chi connectivity index (χ1) is 9.83. The van der Waals surface area contributed by atoms with Crippen molar-refractivity contribution in [2.24, 2.45) is 5.73 Å². The number of nitrogens with zero attached hydrogens (tertiary/aromatic N) is 3. The van der Waals surface area contributed by atoms with Crippen molar-refractivity contribution in [3.05, 3.63) is 53.9 Å². The van der Waals surface area contributed by atoms with Crippen LogP contribution in [0.2, 0.25) is 0 Å². The molecule has 0 saturated heterocycles. The lowest BCUT2D eigenvalue weighted by Crippen LogP contribution is -2.17. The van der Waals surface area contributed by atoms with E-state index in [9.17, 15) is 0 Å². The normalized spacial score (nSPS) is 16.8. The second-order valence-electron chi connectivity index (χ2n) is 4.95. The van der Waals surface area contributed by atoms with Crippen LogP contribution in [0.1, 0.15) is 23.6 Å². The van der Waals surface area contributed by atoms with Crippen LogP contribution in [0.3, 0.4) is 0 Å². The van der Waals surface area contributed by atoms with Gasteiger partial charge in [-0.1, -0.05) is 18.2 Å². The second-order valence-corrected chi connectivity index (χ2v) is 4.95. The van der Waals surface area contributed by atoms with Gasteiger partial charge in [0.25, 0.3) is 0 Å². The first-order valence-electron chi connectivity index (χ1n) is 6.76. The van der Waals surface area contributed by atoms with E-state index in [1.807, 2.05) is 18.2 Å². The molecular weight excluding hydrogens is 248 g/mol. The van der Waals surface area contributed by atoms with Gasteiger partial charge in [0.15, 0.2) is 0 Å². The van der Waals surface area contributed by atoms with Crippen molar-refractivity contribution in [3.8, 4) is 6.07 Å². The standard InChI is InChI=1S/C16H16N4/c17-7-5-12-11-20(16-4-2-1-3-15(12)16)14-6-8-19-13(9-14)10-18/h1-4,6,8-9,12H,5,7,11,17H2. The Hall–Kier alpha value is -2.38. The van der Waals surface area contributed by atoms with Gasteiger partial charge in [-0.3, -0.25) is 0 Å². The molecule has 2 aromatic rings. The lowest BCUT2D eigenvalue weighted by Gasteiger charge is -2.20. The summed E-state index contributed by atoms with van der Waals surface area (Å²) in [6.07, 6.45) is 2.66. The van der Waals surface area contributed by atoms with Crippen molar-refractivity contribution in [2.45, 2.75) is 12.3 Å². The summed E-state index contributed by atoms with van der Waals surface area (Å²) in [5.74, 6) is 0.454. The molecule has 1 unspecified atom stereocenters. The first kappa shape index (κ1) is 12.6. The minimum Gasteiger partial charge on any atom is -0.341 e. The summed E-state index contributed by atoms with van der Waals surface area (Å²) in [5, 5.41) is 8.99. The molecule has 4 heteroatoms. The van der Waals surface area contributed by atoms with E-state index in [1.54, 1.807) is 6.20 Å². The summed E-state index contributed by atoms with van der Waals surface area (Å²) in [4.78, 5) is 6.28. The Kier molecular flexibility index (Phi) is 3.36. The van der Waals surface area contributed by atoms with Crippen LogP contribution < -0.4 is 10.6 Å². The van der Waals surface area contributed by atoms with E-state index in [0.717, 1.165) is 18.7 Å². The smallest absolute Gasteiger partial charge is 0.142 e. The van der Waals surface area contributed by atoms with Crippen molar-refractivity contribution >= 4 is 11.4 Å². The zero-order valence-corrected chi connectivity index (χ0v) is 11.2. The highest BCUT2D eigenvalue weighted by atomic mass is 15.2. The molecule has 0 spiro atoms. The van der Waals surface area contributed by atoms with Gasteiger partial charge < -0.3 is 10.6 Å². The molecule has 0 fully saturated rings. The van der Waals surface area contributed by atoms with Crippen LogP contribution >= 0.6 is 0 Å². The topological polar surface area (TPSA) is 65.9 Å². The van der Waals surface area contributed by atoms with Crippen molar-refractivity contribution in [1.29, 1.82) is 5.26 Å². The Morgan fingerprint density at radius 1 is 1.35 bits per heavy atom. The fourth-order valence-corrected chi connectivity index (χ4v) is 2.84. The average molecular weight is 264 g/mol. The highest BCUT2D eigenvalue weighted by Gasteiger charge is 2.28. The molecule has 0 amide bonds. The van der Waals surface area contributed by atoms with Gasteiger partial charge in [0.1, 0.15) is 11.8 Å². The molecule has 1 atom stereocenters. The van der Waals surface area contributed by atoms with Crippen molar-refractivity contribution in [2.75, 3.05) is 18.0 Å². The Balaban J connectivity index is 2.01. The molecule has 1 aromatic heterocycles. The molecule has 1 aliphatic heterocycles. The predicted molar refractivity (Wildman–Crippen MR) is 78.8 cm³/mol. The number of hydrogen-bond acceptors (Lipinski definition) is 4. The largest absolute Gasteiger partial charge is 0.341 e. The zero-order chi connectivity index (χ0) is 13.9. The number of nitriles is 1. The number of nitrogens with two attached hydrogens (primary N) is 1. The number of pyridine rings is 1. The number of fused-ring (bicyclic) bond motifs is 1. The second kappa shape index (κ2) is 5.32. The third kappa shape index (κ3) is 2.13. The molecular formula is C16H16N4. The van der Waals surface area contributed by atoms with Crippen LogP contribution in [-0.2, 0) is 0 Å². The van der Waals surface area contributed by atoms with Crippen LogP contribution in [0.25, 0.3) is 0 Å². The highest BCUT2D eigenvalue weighted by Crippen LogP contribution is 2.41. The maximum absolute atomic E-state index is 8.99. The molecule has 0 bridgehead atoms. The quantitative estimate of drug-likeness (QED) is 0.925. The van der Waals surface area contributed by atoms with Crippen LogP contribution in [0.5, 0.6) is 0 Å². The number of para-hydroxylation sites is 1. The summed E-state index contributed by atoms with van der Waals surface area (Å²) in [5.41, 5.74) is 9.74. The molecule has 2 heterocycles. The van der Waals surface area contributed by atoms with Crippen LogP contribution in [0.4, 0.5) is 11.4 Å². The van der Waals surface area contributed by atoms with Gasteiger partial charge in [-0.15, -0.1) is 0 Å². The fourth-order valence-electron chi connectivity index (χ4n) is 2.84. The third-order valence-electron chi connectivity index (χ3n) is 3.76. The van der Waals surface area contributed by atoms with Crippen molar-refractivity contribution in [3.63, 3.8) is 0 Å². The number of benzene rings is 1. The summed E-state index contributed by atoms with van der Waals surface area (Å²) >= 11 is 0. The van der Waals surface area contributed by atoms with E-state index in [1.165, 1.54) is 11.3 Å². The molecule has 0 saturated carbocycles. The van der Waals surface area contributed by atoms with Crippen molar-refractivity contribution < 1.29 is 0 Å². The molecule has 20 heavy (non-hydrogen) atoms. The Morgan fingerprint density at radius 3 is 3.00 bits per heavy atom. The summed E-state index contributed by atoms with van der Waals surface area (Å²) in [6.45, 7) is 1.60. The zero-order valence-electron chi connectivity index (χ0n) is 11.2. The Morgan fingerprint density at radius 2 is 2.20 bits per heavy atom. The lowest BCUT2D eigenvalue weighted by atomic mass is 9.98. The molecule has 4 nitrogen and oxygen atoms in total. The van der Waals surface area contributed by atoms with Gasteiger partial charge in [0.2, 0.25) is 0 Å². The van der Waals surface area contributed by atoms with Crippen LogP contribution in [0.15, 0.2) is 42.6 Å². The van der Waals surface area contributed by atoms with E-state index < -0.39 is 0 Å². The SMILES string of the molecule is N#Cc1cc(N2CC(CCN)c3ccccc32)ccn1. The molecule has 1 aliphatic rings. The van der Waals surface area contributed by atoms with Gasteiger partial charge in [-0.05, 0) is 36.7 Å². The number of aromatic nitrogens is 1. The summed E-state index contributed by atoms with van der Waals surface area (Å²) < 4.78 is 0. The summed E-state index contributed by atoms with van der Waals surface area (Å²) in [7, 11) is 0. The third-order valence-corrected chi connectivity index (χ3v) is 3.76. The monoisotopic (exact) mass is 264 g/mol. The van der Waals surface area contributed by atoms with Gasteiger partial charge in [0.05, 0.1) is 0 Å². The minimum atomic E-state index is 0.447. The van der Waals surface area contributed by atoms with Gasteiger partial charge in [0, 0.05) is 30.0 Å². The minimum absolute atomic E-state index is 0.447. The maximum Gasteiger partial charge on any atom is 0.142 e. The van der Waals surface area contributed by atoms with E-state index in [4.69, 9.17) is 11.0 Å². The molecule has 1 aromatic carbocycles. The molecule has 3 rings (SSSR count). The number of rotatable bonds is 3.